The van der Waals surface area contributed by atoms with Gasteiger partial charge in [0, 0.05) is 12.6 Å². The van der Waals surface area contributed by atoms with Crippen LogP contribution in [-0.4, -0.2) is 60.3 Å². The van der Waals surface area contributed by atoms with Crippen LogP contribution in [-0.2, 0) is 0 Å². The van der Waals surface area contributed by atoms with Crippen LogP contribution < -0.4 is 0 Å². The average molecular weight is 268 g/mol. The third-order valence-electron chi connectivity index (χ3n) is 5.21. The first-order chi connectivity index (χ1) is 9.19. The highest BCUT2D eigenvalue weighted by Gasteiger charge is 2.24. The number of aliphatic hydroxyl groups excluding tert-OH is 1. The summed E-state index contributed by atoms with van der Waals surface area (Å²) in [5.74, 6) is 0.797. The number of likely N-dealkylation sites (N-methyl/N-ethyl adjacent to an activating group) is 1. The summed E-state index contributed by atoms with van der Waals surface area (Å²) in [5, 5.41) is 10.3. The second-order valence-corrected chi connectivity index (χ2v) is 6.65. The fourth-order valence-electron chi connectivity index (χ4n) is 3.86. The predicted molar refractivity (Wildman–Crippen MR) is 80.3 cm³/mol. The number of nitrogens with zero attached hydrogens (tertiary/aromatic N) is 2. The average Bonchev–Trinajstić information content (AvgIpc) is 2.91. The smallest absolute Gasteiger partial charge is 0.0669 e. The highest BCUT2D eigenvalue weighted by atomic mass is 16.3. The zero-order valence-corrected chi connectivity index (χ0v) is 12.9. The zero-order chi connectivity index (χ0) is 13.7. The molecular weight excluding hydrogens is 236 g/mol. The lowest BCUT2D eigenvalue weighted by Gasteiger charge is -2.37. The Labute approximate surface area is 119 Å². The minimum Gasteiger partial charge on any atom is -0.392 e. The molecule has 0 bridgehead atoms. The Kier molecular flexibility index (Phi) is 6.11. The van der Waals surface area contributed by atoms with Gasteiger partial charge in [0.05, 0.1) is 6.10 Å². The Hall–Kier alpha value is -0.120. The van der Waals surface area contributed by atoms with Crippen LogP contribution >= 0.6 is 0 Å². The van der Waals surface area contributed by atoms with E-state index in [1.807, 2.05) is 0 Å². The Morgan fingerprint density at radius 1 is 1.16 bits per heavy atom. The Morgan fingerprint density at radius 3 is 2.37 bits per heavy atom. The number of piperidine rings is 1. The molecule has 0 aromatic heterocycles. The van der Waals surface area contributed by atoms with Crippen molar-refractivity contribution in [3.05, 3.63) is 0 Å². The van der Waals surface area contributed by atoms with Crippen molar-refractivity contribution in [3.63, 3.8) is 0 Å². The Morgan fingerprint density at radius 2 is 1.79 bits per heavy atom. The van der Waals surface area contributed by atoms with Gasteiger partial charge < -0.3 is 14.9 Å². The fraction of sp³-hybridized carbons (Fsp3) is 1.00. The van der Waals surface area contributed by atoms with E-state index in [0.29, 0.717) is 6.04 Å². The molecule has 1 aliphatic heterocycles. The van der Waals surface area contributed by atoms with Crippen LogP contribution in [0.4, 0.5) is 0 Å². The summed E-state index contributed by atoms with van der Waals surface area (Å²) in [6.45, 7) is 6.75. The first kappa shape index (κ1) is 15.3. The van der Waals surface area contributed by atoms with Crippen LogP contribution in [0.25, 0.3) is 0 Å². The van der Waals surface area contributed by atoms with E-state index in [4.69, 9.17) is 0 Å². The van der Waals surface area contributed by atoms with E-state index in [2.05, 4.69) is 23.8 Å². The van der Waals surface area contributed by atoms with Gasteiger partial charge in [-0.05, 0) is 51.9 Å². The normalized spacial score (nSPS) is 25.3. The minimum atomic E-state index is -0.114. The molecule has 0 aromatic rings. The second-order valence-electron chi connectivity index (χ2n) is 6.65. The SMILES string of the molecule is CCN1CCC(N(C)CC(O)CC2CCCC2)CC1. The highest BCUT2D eigenvalue weighted by Crippen LogP contribution is 2.29. The molecule has 0 amide bonds. The first-order valence-corrected chi connectivity index (χ1v) is 8.29. The summed E-state index contributed by atoms with van der Waals surface area (Å²) in [7, 11) is 2.20. The Bertz CT molecular complexity index is 245. The largest absolute Gasteiger partial charge is 0.392 e. The maximum absolute atomic E-state index is 10.3. The second kappa shape index (κ2) is 7.61. The molecule has 0 aromatic carbocycles. The van der Waals surface area contributed by atoms with Crippen molar-refractivity contribution in [1.82, 2.24) is 9.80 Å². The van der Waals surface area contributed by atoms with Crippen LogP contribution in [0.15, 0.2) is 0 Å². The molecule has 2 fully saturated rings. The molecule has 1 aliphatic carbocycles. The summed E-state index contributed by atoms with van der Waals surface area (Å²) in [6.07, 6.45) is 8.88. The van der Waals surface area contributed by atoms with E-state index in [1.54, 1.807) is 0 Å². The summed E-state index contributed by atoms with van der Waals surface area (Å²) in [4.78, 5) is 4.94. The summed E-state index contributed by atoms with van der Waals surface area (Å²) >= 11 is 0. The zero-order valence-electron chi connectivity index (χ0n) is 12.9. The van der Waals surface area contributed by atoms with Gasteiger partial charge in [0.15, 0.2) is 0 Å². The molecule has 3 heteroatoms. The molecule has 1 heterocycles. The van der Waals surface area contributed by atoms with E-state index in [-0.39, 0.29) is 6.10 Å². The van der Waals surface area contributed by atoms with Crippen LogP contribution in [0.3, 0.4) is 0 Å². The number of rotatable bonds is 6. The van der Waals surface area contributed by atoms with Crippen molar-refractivity contribution in [2.24, 2.45) is 5.92 Å². The first-order valence-electron chi connectivity index (χ1n) is 8.29. The Balaban J connectivity index is 1.66. The van der Waals surface area contributed by atoms with Crippen LogP contribution in [0.1, 0.15) is 51.9 Å². The van der Waals surface area contributed by atoms with Crippen molar-refractivity contribution in [2.45, 2.75) is 64.0 Å². The van der Waals surface area contributed by atoms with E-state index in [0.717, 1.165) is 18.9 Å². The van der Waals surface area contributed by atoms with Crippen molar-refractivity contribution < 1.29 is 5.11 Å². The molecule has 2 aliphatic rings. The molecule has 112 valence electrons. The lowest BCUT2D eigenvalue weighted by atomic mass is 9.98. The number of aliphatic hydroxyl groups is 1. The van der Waals surface area contributed by atoms with Gasteiger partial charge in [-0.15, -0.1) is 0 Å². The molecular formula is C16H32N2O. The number of likely N-dealkylation sites (tertiary alicyclic amines) is 1. The third kappa shape index (κ3) is 4.73. The van der Waals surface area contributed by atoms with Gasteiger partial charge in [0.2, 0.25) is 0 Å². The topological polar surface area (TPSA) is 26.7 Å². The van der Waals surface area contributed by atoms with Gasteiger partial charge in [0.1, 0.15) is 0 Å². The number of hydrogen-bond acceptors (Lipinski definition) is 3. The maximum Gasteiger partial charge on any atom is 0.0669 e. The van der Waals surface area contributed by atoms with E-state index in [1.165, 1.54) is 58.2 Å². The van der Waals surface area contributed by atoms with Gasteiger partial charge in [-0.2, -0.15) is 0 Å². The molecule has 1 saturated carbocycles. The predicted octanol–water partition coefficient (Wildman–Crippen LogP) is 2.34. The summed E-state index contributed by atoms with van der Waals surface area (Å²) in [6, 6.07) is 0.682. The molecule has 1 atom stereocenters. The highest BCUT2D eigenvalue weighted by molar-refractivity contribution is 4.80. The molecule has 1 unspecified atom stereocenters. The van der Waals surface area contributed by atoms with Gasteiger partial charge in [-0.1, -0.05) is 32.6 Å². The fourth-order valence-corrected chi connectivity index (χ4v) is 3.86. The molecule has 1 N–H and O–H groups in total. The molecule has 19 heavy (non-hydrogen) atoms. The molecule has 1 saturated heterocycles. The van der Waals surface area contributed by atoms with Gasteiger partial charge >= 0.3 is 0 Å². The van der Waals surface area contributed by atoms with Crippen molar-refractivity contribution in [2.75, 3.05) is 33.2 Å². The van der Waals surface area contributed by atoms with Crippen LogP contribution in [0.5, 0.6) is 0 Å². The lowest BCUT2D eigenvalue weighted by molar-refractivity contribution is 0.0625. The standard InChI is InChI=1S/C16H32N2O/c1-3-18-10-8-15(9-11-18)17(2)13-16(19)12-14-6-4-5-7-14/h14-16,19H,3-13H2,1-2H3. The monoisotopic (exact) mass is 268 g/mol. The van der Waals surface area contributed by atoms with Crippen molar-refractivity contribution >= 4 is 0 Å². The summed E-state index contributed by atoms with van der Waals surface area (Å²) in [5.41, 5.74) is 0. The van der Waals surface area contributed by atoms with Crippen LogP contribution in [0, 0.1) is 5.92 Å². The minimum absolute atomic E-state index is 0.114. The van der Waals surface area contributed by atoms with Gasteiger partial charge in [-0.3, -0.25) is 0 Å². The molecule has 2 rings (SSSR count). The van der Waals surface area contributed by atoms with Gasteiger partial charge in [0.25, 0.3) is 0 Å². The lowest BCUT2D eigenvalue weighted by Crippen LogP contribution is -2.45. The summed E-state index contributed by atoms with van der Waals surface area (Å²) < 4.78 is 0. The molecule has 0 spiro atoms. The number of hydrogen-bond donors (Lipinski definition) is 1. The van der Waals surface area contributed by atoms with E-state index in [9.17, 15) is 5.11 Å². The maximum atomic E-state index is 10.3. The quantitative estimate of drug-likeness (QED) is 0.801. The van der Waals surface area contributed by atoms with Crippen LogP contribution in [0.2, 0.25) is 0 Å². The molecule has 0 radical (unpaired) electrons. The third-order valence-corrected chi connectivity index (χ3v) is 5.21. The van der Waals surface area contributed by atoms with Crippen molar-refractivity contribution in [3.8, 4) is 0 Å². The van der Waals surface area contributed by atoms with E-state index < -0.39 is 0 Å². The van der Waals surface area contributed by atoms with Gasteiger partial charge in [-0.25, -0.2) is 0 Å². The van der Waals surface area contributed by atoms with E-state index >= 15 is 0 Å². The molecule has 3 nitrogen and oxygen atoms in total. The van der Waals surface area contributed by atoms with Crippen molar-refractivity contribution in [1.29, 1.82) is 0 Å².